The molecule has 2 N–H and O–H groups in total. The highest BCUT2D eigenvalue weighted by Crippen LogP contribution is 2.36. The largest absolute Gasteiger partial charge is 0.493 e. The van der Waals surface area contributed by atoms with Crippen LogP contribution >= 0.6 is 0 Å². The van der Waals surface area contributed by atoms with E-state index in [1.54, 1.807) is 23.1 Å². The number of amidine groups is 1. The Balaban J connectivity index is 1.86. The zero-order chi connectivity index (χ0) is 23.3. The van der Waals surface area contributed by atoms with Crippen molar-refractivity contribution < 1.29 is 27.6 Å². The van der Waals surface area contributed by atoms with Gasteiger partial charge in [-0.05, 0) is 36.1 Å². The minimum Gasteiger partial charge on any atom is -0.380 e. The molecule has 6 nitrogen and oxygen atoms in total. The number of carbonyl (C=O) groups is 2. The number of hydrogen-bond acceptors (Lipinski definition) is 4. The number of oxime groups is 1. The number of unbranched alkanes of at least 4 members (excludes halogenated alkanes) is 2. The number of fused-ring (bicyclic) bond motifs is 1. The van der Waals surface area contributed by atoms with Crippen molar-refractivity contribution in [2.45, 2.75) is 44.7 Å². The summed E-state index contributed by atoms with van der Waals surface area (Å²) in [5.41, 5.74) is 8.57. The Morgan fingerprint density at radius 3 is 2.66 bits per heavy atom. The molecule has 0 spiro atoms. The van der Waals surface area contributed by atoms with Crippen molar-refractivity contribution in [1.29, 1.82) is 0 Å². The number of nitrogens with zero attached hydrogens (tertiary/aromatic N) is 2. The molecule has 1 heterocycles. The molecule has 1 aliphatic heterocycles. The van der Waals surface area contributed by atoms with E-state index in [1.165, 1.54) is 6.07 Å². The van der Waals surface area contributed by atoms with Crippen molar-refractivity contribution in [1.82, 2.24) is 0 Å². The van der Waals surface area contributed by atoms with Crippen LogP contribution in [0.15, 0.2) is 53.7 Å². The lowest BCUT2D eigenvalue weighted by Gasteiger charge is -2.34. The Morgan fingerprint density at radius 2 is 1.94 bits per heavy atom. The molecule has 1 aliphatic rings. The fourth-order valence-electron chi connectivity index (χ4n) is 3.68. The molecule has 9 heteroatoms. The summed E-state index contributed by atoms with van der Waals surface area (Å²) in [6.07, 6.45) is -1.76. The maximum Gasteiger partial charge on any atom is 0.493 e. The number of benzene rings is 2. The van der Waals surface area contributed by atoms with E-state index in [0.717, 1.165) is 30.5 Å². The monoisotopic (exact) mass is 447 g/mol. The van der Waals surface area contributed by atoms with Crippen molar-refractivity contribution in [2.24, 2.45) is 10.9 Å². The van der Waals surface area contributed by atoms with Crippen LogP contribution in [0.5, 0.6) is 0 Å². The normalized spacial score (nSPS) is 16.6. The molecule has 1 unspecified atom stereocenters. The van der Waals surface area contributed by atoms with Gasteiger partial charge in [-0.2, -0.15) is 13.2 Å². The highest BCUT2D eigenvalue weighted by Gasteiger charge is 2.42. The Hall–Kier alpha value is -3.36. The summed E-state index contributed by atoms with van der Waals surface area (Å²) in [6.45, 7) is 2.70. The molecule has 32 heavy (non-hydrogen) atoms. The molecule has 2 aromatic carbocycles. The van der Waals surface area contributed by atoms with Gasteiger partial charge in [0.1, 0.15) is 0 Å². The van der Waals surface area contributed by atoms with Crippen LogP contribution in [-0.4, -0.2) is 30.4 Å². The number of carbonyl (C=O) groups excluding carboxylic acids is 2. The molecule has 2 aromatic rings. The predicted octanol–water partition coefficient (Wildman–Crippen LogP) is 4.28. The lowest BCUT2D eigenvalue weighted by atomic mass is 9.85. The number of nitrogens with two attached hydrogens (primary N) is 1. The highest BCUT2D eigenvalue weighted by molar-refractivity contribution is 6.02. The molecule has 0 radical (unpaired) electrons. The molecular weight excluding hydrogens is 423 g/mol. The van der Waals surface area contributed by atoms with E-state index in [0.29, 0.717) is 18.5 Å². The van der Waals surface area contributed by atoms with Gasteiger partial charge in [-0.15, -0.1) is 0 Å². The van der Waals surface area contributed by atoms with Gasteiger partial charge in [-0.25, -0.2) is 4.79 Å². The summed E-state index contributed by atoms with van der Waals surface area (Å²) >= 11 is 0. The van der Waals surface area contributed by atoms with Gasteiger partial charge in [-0.1, -0.05) is 61.3 Å². The summed E-state index contributed by atoms with van der Waals surface area (Å²) in [7, 11) is 0. The van der Waals surface area contributed by atoms with Crippen molar-refractivity contribution in [2.75, 3.05) is 11.4 Å². The first-order valence-electron chi connectivity index (χ1n) is 10.3. The Labute approximate surface area is 183 Å². The molecule has 170 valence electrons. The minimum atomic E-state index is -5.17. The second-order valence-corrected chi connectivity index (χ2v) is 7.56. The number of hydrogen-bond donors (Lipinski definition) is 1. The number of amides is 1. The first-order chi connectivity index (χ1) is 15.2. The highest BCUT2D eigenvalue weighted by atomic mass is 19.4. The predicted molar refractivity (Wildman–Crippen MR) is 114 cm³/mol. The molecule has 3 rings (SSSR count). The summed E-state index contributed by atoms with van der Waals surface area (Å²) in [6, 6.07) is 14.2. The molecular formula is C23H24F3N3O3. The van der Waals surface area contributed by atoms with Crippen LogP contribution in [0.4, 0.5) is 18.9 Å². The van der Waals surface area contributed by atoms with Crippen LogP contribution in [0.3, 0.4) is 0 Å². The molecule has 0 saturated carbocycles. The van der Waals surface area contributed by atoms with Crippen molar-refractivity contribution >= 4 is 23.4 Å². The van der Waals surface area contributed by atoms with Crippen molar-refractivity contribution in [3.8, 4) is 0 Å². The number of anilines is 1. The van der Waals surface area contributed by atoms with E-state index in [-0.39, 0.29) is 11.5 Å². The third-order valence-corrected chi connectivity index (χ3v) is 5.30. The van der Waals surface area contributed by atoms with Crippen molar-refractivity contribution in [3.63, 3.8) is 0 Å². The molecule has 0 saturated heterocycles. The number of para-hydroxylation sites is 1. The van der Waals surface area contributed by atoms with Crippen LogP contribution in [0, 0.1) is 0 Å². The second kappa shape index (κ2) is 9.84. The van der Waals surface area contributed by atoms with E-state index in [4.69, 9.17) is 5.73 Å². The van der Waals surface area contributed by atoms with E-state index >= 15 is 0 Å². The smallest absolute Gasteiger partial charge is 0.380 e. The zero-order valence-electron chi connectivity index (χ0n) is 17.6. The lowest BCUT2D eigenvalue weighted by molar-refractivity contribution is -0.199. The van der Waals surface area contributed by atoms with Gasteiger partial charge in [0, 0.05) is 17.8 Å². The van der Waals surface area contributed by atoms with Crippen LogP contribution in [0.2, 0.25) is 0 Å². The van der Waals surface area contributed by atoms with Crippen LogP contribution in [0.25, 0.3) is 0 Å². The van der Waals surface area contributed by atoms with E-state index in [2.05, 4.69) is 16.9 Å². The molecule has 0 aliphatic carbocycles. The topological polar surface area (TPSA) is 85.0 Å². The summed E-state index contributed by atoms with van der Waals surface area (Å²) in [5, 5.41) is 3.10. The average Bonchev–Trinajstić information content (AvgIpc) is 2.78. The number of alkyl halides is 3. The molecule has 0 fully saturated rings. The zero-order valence-corrected chi connectivity index (χ0v) is 17.6. The van der Waals surface area contributed by atoms with Gasteiger partial charge >= 0.3 is 12.1 Å². The summed E-state index contributed by atoms with van der Waals surface area (Å²) < 4.78 is 36.9. The summed E-state index contributed by atoms with van der Waals surface area (Å²) in [4.78, 5) is 29.9. The molecule has 0 bridgehead atoms. The van der Waals surface area contributed by atoms with E-state index < -0.39 is 23.9 Å². The van der Waals surface area contributed by atoms with Gasteiger partial charge in [-0.3, -0.25) is 4.79 Å². The van der Waals surface area contributed by atoms with Gasteiger partial charge < -0.3 is 15.5 Å². The third-order valence-electron chi connectivity index (χ3n) is 5.30. The van der Waals surface area contributed by atoms with Crippen LogP contribution in [-0.2, 0) is 20.8 Å². The van der Waals surface area contributed by atoms with Crippen LogP contribution < -0.4 is 10.6 Å². The SMILES string of the molecule is CCCCCN1C(=O)C(c2cccc(/C(N)=N/OC(=O)C(F)(F)F)c2)Cc2ccccc21. The fourth-order valence-corrected chi connectivity index (χ4v) is 3.68. The fraction of sp³-hybridized carbons (Fsp3) is 0.348. The quantitative estimate of drug-likeness (QED) is 0.226. The standard InChI is InChI=1S/C23H24F3N3O3/c1-2-3-6-12-29-19-11-5-4-8-16(19)14-18(21(29)30)15-9-7-10-17(13-15)20(27)28-32-22(31)23(24,25)26/h4-5,7-11,13,18H,2-3,6,12,14H2,1H3,(H2,27,28). The van der Waals surface area contributed by atoms with Gasteiger partial charge in [0.2, 0.25) is 5.91 Å². The number of rotatable bonds is 7. The van der Waals surface area contributed by atoms with Crippen molar-refractivity contribution in [3.05, 3.63) is 65.2 Å². The second-order valence-electron chi connectivity index (χ2n) is 7.56. The van der Waals surface area contributed by atoms with Gasteiger partial charge in [0.15, 0.2) is 5.84 Å². The minimum absolute atomic E-state index is 0.0454. The van der Waals surface area contributed by atoms with E-state index in [9.17, 15) is 22.8 Å². The van der Waals surface area contributed by atoms with Crippen LogP contribution in [0.1, 0.15) is 48.8 Å². The Kier molecular flexibility index (Phi) is 7.17. The first kappa shape index (κ1) is 23.3. The maximum atomic E-state index is 13.4. The number of halogens is 3. The Morgan fingerprint density at radius 1 is 1.19 bits per heavy atom. The van der Waals surface area contributed by atoms with E-state index in [1.807, 2.05) is 24.3 Å². The Bertz CT molecular complexity index is 1020. The molecule has 1 atom stereocenters. The first-order valence-corrected chi connectivity index (χ1v) is 10.3. The molecule has 1 amide bonds. The average molecular weight is 447 g/mol. The lowest BCUT2D eigenvalue weighted by Crippen LogP contribution is -2.41. The van der Waals surface area contributed by atoms with Gasteiger partial charge in [0.05, 0.1) is 5.92 Å². The summed E-state index contributed by atoms with van der Waals surface area (Å²) in [5.74, 6) is -3.38. The maximum absolute atomic E-state index is 13.4. The third kappa shape index (κ3) is 5.27. The van der Waals surface area contributed by atoms with Gasteiger partial charge in [0.25, 0.3) is 0 Å². The molecule has 0 aromatic heterocycles.